The Labute approximate surface area is 88.6 Å². The Morgan fingerprint density at radius 1 is 1.47 bits per heavy atom. The average molecular weight is 219 g/mol. The fourth-order valence-corrected chi connectivity index (χ4v) is 0.969. The summed E-state index contributed by atoms with van der Waals surface area (Å²) < 4.78 is 9.98. The molecule has 0 fully saturated rings. The van der Waals surface area contributed by atoms with E-state index >= 15 is 0 Å². The molecule has 6 heteroatoms. The standard InChI is InChI=1S/C9H17NO5/c1-14-4-2-5-15-6-3-8(9(12)13)10-7-11/h7-8H,2-6H2,1H3,(H,10,11)(H,12,13). The summed E-state index contributed by atoms with van der Waals surface area (Å²) in [6.07, 6.45) is 1.42. The SMILES string of the molecule is COCCCOCCC(NC=O)C(=O)O. The highest BCUT2D eigenvalue weighted by molar-refractivity contribution is 5.76. The summed E-state index contributed by atoms with van der Waals surface area (Å²) in [5.41, 5.74) is 0. The van der Waals surface area contributed by atoms with Crippen molar-refractivity contribution in [2.45, 2.75) is 18.9 Å². The van der Waals surface area contributed by atoms with E-state index in [0.29, 0.717) is 26.2 Å². The Hall–Kier alpha value is -1.14. The van der Waals surface area contributed by atoms with Crippen molar-refractivity contribution in [3.05, 3.63) is 0 Å². The average Bonchev–Trinajstić information content (AvgIpc) is 2.21. The molecule has 0 aliphatic carbocycles. The second-order valence-electron chi connectivity index (χ2n) is 2.92. The van der Waals surface area contributed by atoms with E-state index in [0.717, 1.165) is 6.42 Å². The molecule has 0 spiro atoms. The second-order valence-corrected chi connectivity index (χ2v) is 2.92. The predicted molar refractivity (Wildman–Crippen MR) is 52.6 cm³/mol. The van der Waals surface area contributed by atoms with Crippen molar-refractivity contribution >= 4 is 12.4 Å². The number of methoxy groups -OCH3 is 1. The van der Waals surface area contributed by atoms with Crippen LogP contribution in [0.1, 0.15) is 12.8 Å². The number of carbonyl (C=O) groups is 2. The highest BCUT2D eigenvalue weighted by Gasteiger charge is 2.15. The molecule has 0 aromatic rings. The molecule has 0 bridgehead atoms. The van der Waals surface area contributed by atoms with Crippen LogP contribution in [0.3, 0.4) is 0 Å². The largest absolute Gasteiger partial charge is 0.480 e. The summed E-state index contributed by atoms with van der Waals surface area (Å²) in [4.78, 5) is 20.6. The van der Waals surface area contributed by atoms with E-state index in [1.807, 2.05) is 0 Å². The number of rotatable bonds is 10. The molecular weight excluding hydrogens is 202 g/mol. The first-order valence-corrected chi connectivity index (χ1v) is 4.71. The third-order valence-corrected chi connectivity index (χ3v) is 1.76. The molecule has 0 saturated heterocycles. The Morgan fingerprint density at radius 2 is 2.20 bits per heavy atom. The van der Waals surface area contributed by atoms with Crippen molar-refractivity contribution in [3.63, 3.8) is 0 Å². The molecule has 1 unspecified atom stereocenters. The summed E-state index contributed by atoms with van der Waals surface area (Å²) in [5, 5.41) is 10.8. The lowest BCUT2D eigenvalue weighted by atomic mass is 10.2. The van der Waals surface area contributed by atoms with E-state index in [4.69, 9.17) is 14.6 Å². The van der Waals surface area contributed by atoms with Crippen LogP contribution in [0.25, 0.3) is 0 Å². The van der Waals surface area contributed by atoms with Crippen LogP contribution in [0.5, 0.6) is 0 Å². The van der Waals surface area contributed by atoms with Gasteiger partial charge in [0.2, 0.25) is 6.41 Å². The predicted octanol–water partition coefficient (Wildman–Crippen LogP) is -0.371. The van der Waals surface area contributed by atoms with Gasteiger partial charge >= 0.3 is 5.97 Å². The normalized spacial score (nSPS) is 12.1. The van der Waals surface area contributed by atoms with Crippen molar-refractivity contribution in [1.29, 1.82) is 0 Å². The van der Waals surface area contributed by atoms with Gasteiger partial charge in [0.05, 0.1) is 0 Å². The van der Waals surface area contributed by atoms with Crippen molar-refractivity contribution in [2.24, 2.45) is 0 Å². The topological polar surface area (TPSA) is 84.9 Å². The van der Waals surface area contributed by atoms with Gasteiger partial charge in [-0.3, -0.25) is 4.79 Å². The monoisotopic (exact) mass is 219 g/mol. The molecule has 0 aromatic heterocycles. The van der Waals surface area contributed by atoms with Gasteiger partial charge < -0.3 is 19.9 Å². The van der Waals surface area contributed by atoms with Crippen LogP contribution in [0.4, 0.5) is 0 Å². The van der Waals surface area contributed by atoms with Gasteiger partial charge in [0, 0.05) is 33.4 Å². The molecule has 0 aromatic carbocycles. The third kappa shape index (κ3) is 7.90. The number of amides is 1. The van der Waals surface area contributed by atoms with E-state index < -0.39 is 12.0 Å². The summed E-state index contributed by atoms with van der Waals surface area (Å²) >= 11 is 0. The fourth-order valence-electron chi connectivity index (χ4n) is 0.969. The maximum atomic E-state index is 10.6. The quantitative estimate of drug-likeness (QED) is 0.387. The summed E-state index contributed by atoms with van der Waals surface area (Å²) in [6.45, 7) is 1.46. The van der Waals surface area contributed by atoms with Crippen LogP contribution < -0.4 is 5.32 Å². The Kier molecular flexibility index (Phi) is 8.70. The molecule has 0 heterocycles. The number of nitrogens with one attached hydrogen (secondary N) is 1. The molecule has 0 aliphatic rings. The molecule has 2 N–H and O–H groups in total. The fraction of sp³-hybridized carbons (Fsp3) is 0.778. The van der Waals surface area contributed by atoms with Crippen LogP contribution in [0, 0.1) is 0 Å². The van der Waals surface area contributed by atoms with Crippen LogP contribution in [0.2, 0.25) is 0 Å². The van der Waals surface area contributed by atoms with Crippen LogP contribution in [-0.4, -0.2) is 50.5 Å². The molecule has 0 radical (unpaired) electrons. The van der Waals surface area contributed by atoms with Gasteiger partial charge in [-0.2, -0.15) is 0 Å². The molecule has 1 atom stereocenters. The van der Waals surface area contributed by atoms with Crippen molar-refractivity contribution in [2.75, 3.05) is 26.9 Å². The smallest absolute Gasteiger partial charge is 0.326 e. The maximum Gasteiger partial charge on any atom is 0.326 e. The van der Waals surface area contributed by atoms with Crippen molar-refractivity contribution in [1.82, 2.24) is 5.32 Å². The molecule has 0 rings (SSSR count). The Bertz CT molecular complexity index is 185. The van der Waals surface area contributed by atoms with E-state index in [1.54, 1.807) is 7.11 Å². The first-order chi connectivity index (χ1) is 7.22. The highest BCUT2D eigenvalue weighted by Crippen LogP contribution is 1.93. The second kappa shape index (κ2) is 9.42. The lowest BCUT2D eigenvalue weighted by molar-refractivity contribution is -0.141. The van der Waals surface area contributed by atoms with Gasteiger partial charge in [-0.1, -0.05) is 0 Å². The minimum absolute atomic E-state index is 0.265. The molecule has 0 saturated carbocycles. The van der Waals surface area contributed by atoms with E-state index in [9.17, 15) is 9.59 Å². The molecular formula is C9H17NO5. The summed E-state index contributed by atoms with van der Waals surface area (Å²) in [6, 6.07) is -0.870. The molecule has 15 heavy (non-hydrogen) atoms. The first-order valence-electron chi connectivity index (χ1n) is 4.71. The van der Waals surface area contributed by atoms with Gasteiger partial charge in [0.25, 0.3) is 0 Å². The van der Waals surface area contributed by atoms with Crippen LogP contribution >= 0.6 is 0 Å². The zero-order chi connectivity index (χ0) is 11.5. The van der Waals surface area contributed by atoms with Gasteiger partial charge in [-0.25, -0.2) is 4.79 Å². The van der Waals surface area contributed by atoms with Crippen molar-refractivity contribution in [3.8, 4) is 0 Å². The number of carbonyl (C=O) groups excluding carboxylic acids is 1. The number of hydrogen-bond acceptors (Lipinski definition) is 4. The minimum Gasteiger partial charge on any atom is -0.480 e. The summed E-state index contributed by atoms with van der Waals surface area (Å²) in [5.74, 6) is -1.05. The van der Waals surface area contributed by atoms with Crippen molar-refractivity contribution < 1.29 is 24.2 Å². The summed E-state index contributed by atoms with van der Waals surface area (Å²) in [7, 11) is 1.61. The highest BCUT2D eigenvalue weighted by atomic mass is 16.5. The molecule has 0 aliphatic heterocycles. The maximum absolute atomic E-state index is 10.6. The van der Waals surface area contributed by atoms with E-state index in [2.05, 4.69) is 5.32 Å². The zero-order valence-corrected chi connectivity index (χ0v) is 8.77. The minimum atomic E-state index is -1.05. The van der Waals surface area contributed by atoms with Gasteiger partial charge in [-0.15, -0.1) is 0 Å². The Balaban J connectivity index is 3.45. The number of carboxylic acids is 1. The number of ether oxygens (including phenoxy) is 2. The zero-order valence-electron chi connectivity index (χ0n) is 8.77. The number of carboxylic acid groups (broad SMARTS) is 1. The lowest BCUT2D eigenvalue weighted by Crippen LogP contribution is -2.36. The molecule has 6 nitrogen and oxygen atoms in total. The van der Waals surface area contributed by atoms with Crippen LogP contribution in [-0.2, 0) is 19.1 Å². The Morgan fingerprint density at radius 3 is 2.73 bits per heavy atom. The first kappa shape index (κ1) is 13.9. The van der Waals surface area contributed by atoms with Crippen LogP contribution in [0.15, 0.2) is 0 Å². The van der Waals surface area contributed by atoms with Gasteiger partial charge in [0.1, 0.15) is 6.04 Å². The lowest BCUT2D eigenvalue weighted by Gasteiger charge is -2.10. The number of aliphatic carboxylic acids is 1. The molecule has 1 amide bonds. The van der Waals surface area contributed by atoms with E-state index in [-0.39, 0.29) is 6.42 Å². The van der Waals surface area contributed by atoms with E-state index in [1.165, 1.54) is 0 Å². The third-order valence-electron chi connectivity index (χ3n) is 1.76. The van der Waals surface area contributed by atoms with Gasteiger partial charge in [0.15, 0.2) is 0 Å². The van der Waals surface area contributed by atoms with Gasteiger partial charge in [-0.05, 0) is 6.42 Å². The molecule has 88 valence electrons. The number of hydrogen-bond donors (Lipinski definition) is 2.